The number of aromatic nitrogens is 1. The van der Waals surface area contributed by atoms with Gasteiger partial charge in [0.15, 0.2) is 17.0 Å². The highest BCUT2D eigenvalue weighted by atomic mass is 16.3. The summed E-state index contributed by atoms with van der Waals surface area (Å²) in [7, 11) is 0. The number of aryl methyl sites for hydroxylation is 1. The Balaban J connectivity index is 2.88. The van der Waals surface area contributed by atoms with Crippen molar-refractivity contribution in [1.29, 1.82) is 0 Å². The highest BCUT2D eigenvalue weighted by Gasteiger charge is 2.07. The standard InChI is InChI=1S/C8H8N2O2/c1-4-10-8-6(11)2-5(9)3-7(8)12-4/h2-3,11H,9H2,1H3. The van der Waals surface area contributed by atoms with Crippen LogP contribution in [0, 0.1) is 6.92 Å². The number of fused-ring (bicyclic) bond motifs is 1. The largest absolute Gasteiger partial charge is 0.505 e. The molecule has 1 aromatic heterocycles. The third kappa shape index (κ3) is 0.887. The molecule has 0 aliphatic carbocycles. The van der Waals surface area contributed by atoms with Gasteiger partial charge < -0.3 is 15.3 Å². The number of nitrogens with zero attached hydrogens (tertiary/aromatic N) is 1. The zero-order valence-electron chi connectivity index (χ0n) is 6.53. The van der Waals surface area contributed by atoms with Gasteiger partial charge in [0.2, 0.25) is 0 Å². The minimum Gasteiger partial charge on any atom is -0.505 e. The predicted molar refractivity (Wildman–Crippen MR) is 44.8 cm³/mol. The van der Waals surface area contributed by atoms with Crippen LogP contribution < -0.4 is 5.73 Å². The molecule has 0 aliphatic rings. The van der Waals surface area contributed by atoms with Crippen molar-refractivity contribution >= 4 is 16.8 Å². The molecule has 4 nitrogen and oxygen atoms in total. The molecule has 0 saturated heterocycles. The summed E-state index contributed by atoms with van der Waals surface area (Å²) in [5.74, 6) is 0.577. The van der Waals surface area contributed by atoms with E-state index in [0.29, 0.717) is 22.7 Å². The van der Waals surface area contributed by atoms with Crippen LogP contribution in [0.3, 0.4) is 0 Å². The van der Waals surface area contributed by atoms with E-state index in [1.807, 2.05) is 0 Å². The van der Waals surface area contributed by atoms with Gasteiger partial charge in [-0.25, -0.2) is 4.98 Å². The number of phenols is 1. The lowest BCUT2D eigenvalue weighted by atomic mass is 10.3. The third-order valence-corrected chi connectivity index (χ3v) is 1.60. The van der Waals surface area contributed by atoms with E-state index in [4.69, 9.17) is 10.2 Å². The maximum atomic E-state index is 9.36. The number of benzene rings is 1. The molecule has 0 spiro atoms. The Morgan fingerprint density at radius 1 is 1.50 bits per heavy atom. The number of oxazole rings is 1. The van der Waals surface area contributed by atoms with Gasteiger partial charge in [0.25, 0.3) is 0 Å². The lowest BCUT2D eigenvalue weighted by Gasteiger charge is -1.93. The fraction of sp³-hybridized carbons (Fsp3) is 0.125. The summed E-state index contributed by atoms with van der Waals surface area (Å²) < 4.78 is 5.18. The highest BCUT2D eigenvalue weighted by molar-refractivity contribution is 5.83. The summed E-state index contributed by atoms with van der Waals surface area (Å²) in [6.07, 6.45) is 0. The Hall–Kier alpha value is -1.71. The van der Waals surface area contributed by atoms with Gasteiger partial charge in [-0.3, -0.25) is 0 Å². The number of hydrogen-bond acceptors (Lipinski definition) is 4. The van der Waals surface area contributed by atoms with E-state index < -0.39 is 0 Å². The van der Waals surface area contributed by atoms with E-state index >= 15 is 0 Å². The summed E-state index contributed by atoms with van der Waals surface area (Å²) in [6, 6.07) is 3.08. The van der Waals surface area contributed by atoms with E-state index in [0.717, 1.165) is 0 Å². The van der Waals surface area contributed by atoms with Crippen molar-refractivity contribution in [3.8, 4) is 5.75 Å². The van der Waals surface area contributed by atoms with Crippen LogP contribution in [0.4, 0.5) is 5.69 Å². The Morgan fingerprint density at radius 2 is 2.25 bits per heavy atom. The second-order valence-electron chi connectivity index (χ2n) is 2.62. The predicted octanol–water partition coefficient (Wildman–Crippen LogP) is 1.42. The number of nitrogen functional groups attached to an aromatic ring is 1. The van der Waals surface area contributed by atoms with E-state index in [-0.39, 0.29) is 5.75 Å². The summed E-state index contributed by atoms with van der Waals surface area (Å²) in [5, 5.41) is 9.36. The lowest BCUT2D eigenvalue weighted by Crippen LogP contribution is -1.83. The lowest BCUT2D eigenvalue weighted by molar-refractivity contribution is 0.480. The normalized spacial score (nSPS) is 10.8. The molecule has 0 unspecified atom stereocenters. The van der Waals surface area contributed by atoms with Crippen molar-refractivity contribution in [2.45, 2.75) is 6.92 Å². The number of nitrogens with two attached hydrogens (primary N) is 1. The molecular weight excluding hydrogens is 156 g/mol. The van der Waals surface area contributed by atoms with E-state index in [1.54, 1.807) is 13.0 Å². The molecule has 1 aromatic carbocycles. The second-order valence-corrected chi connectivity index (χ2v) is 2.62. The van der Waals surface area contributed by atoms with Crippen LogP contribution in [0.2, 0.25) is 0 Å². The number of hydrogen-bond donors (Lipinski definition) is 2. The van der Waals surface area contributed by atoms with Crippen molar-refractivity contribution in [2.24, 2.45) is 0 Å². The molecule has 12 heavy (non-hydrogen) atoms. The monoisotopic (exact) mass is 164 g/mol. The van der Waals surface area contributed by atoms with Gasteiger partial charge in [-0.05, 0) is 0 Å². The van der Waals surface area contributed by atoms with Crippen LogP contribution in [0.1, 0.15) is 5.89 Å². The number of anilines is 1. The molecule has 0 radical (unpaired) electrons. The fourth-order valence-electron chi connectivity index (χ4n) is 1.14. The van der Waals surface area contributed by atoms with E-state index in [2.05, 4.69) is 4.98 Å². The van der Waals surface area contributed by atoms with Gasteiger partial charge >= 0.3 is 0 Å². The van der Waals surface area contributed by atoms with Gasteiger partial charge in [-0.15, -0.1) is 0 Å². The quantitative estimate of drug-likeness (QED) is 0.577. The first-order chi connectivity index (χ1) is 5.66. The first-order valence-corrected chi connectivity index (χ1v) is 3.52. The molecular formula is C8H8N2O2. The van der Waals surface area contributed by atoms with E-state index in [9.17, 15) is 5.11 Å². The van der Waals surface area contributed by atoms with Crippen LogP contribution >= 0.6 is 0 Å². The molecule has 4 heteroatoms. The van der Waals surface area contributed by atoms with Crippen LogP contribution in [0.25, 0.3) is 11.1 Å². The molecule has 3 N–H and O–H groups in total. The number of phenolic OH excluding ortho intramolecular Hbond substituents is 1. The van der Waals surface area contributed by atoms with Crippen molar-refractivity contribution in [3.63, 3.8) is 0 Å². The molecule has 62 valence electrons. The van der Waals surface area contributed by atoms with Crippen LogP contribution in [-0.4, -0.2) is 10.1 Å². The smallest absolute Gasteiger partial charge is 0.192 e. The van der Waals surface area contributed by atoms with Gasteiger partial charge in [0, 0.05) is 24.7 Å². The molecule has 0 saturated carbocycles. The second kappa shape index (κ2) is 2.14. The van der Waals surface area contributed by atoms with Gasteiger partial charge in [0.1, 0.15) is 5.75 Å². The van der Waals surface area contributed by atoms with Crippen molar-refractivity contribution in [1.82, 2.24) is 4.98 Å². The maximum absolute atomic E-state index is 9.36. The first kappa shape index (κ1) is 6.97. The Labute approximate surface area is 68.6 Å². The Bertz CT molecular complexity index is 434. The van der Waals surface area contributed by atoms with E-state index in [1.165, 1.54) is 6.07 Å². The number of rotatable bonds is 0. The SMILES string of the molecule is Cc1nc2c(O)cc(N)cc2o1. The summed E-state index contributed by atoms with van der Waals surface area (Å²) >= 11 is 0. The zero-order valence-corrected chi connectivity index (χ0v) is 6.53. The third-order valence-electron chi connectivity index (χ3n) is 1.60. The summed E-state index contributed by atoms with van der Waals surface area (Å²) in [4.78, 5) is 3.98. The van der Waals surface area contributed by atoms with Crippen LogP contribution in [0.5, 0.6) is 5.75 Å². The molecule has 2 aromatic rings. The van der Waals surface area contributed by atoms with Crippen molar-refractivity contribution in [2.75, 3.05) is 5.73 Å². The average molecular weight is 164 g/mol. The highest BCUT2D eigenvalue weighted by Crippen LogP contribution is 2.27. The molecule has 0 aliphatic heterocycles. The molecule has 2 rings (SSSR count). The zero-order chi connectivity index (χ0) is 8.72. The molecule has 1 heterocycles. The average Bonchev–Trinajstić information content (AvgIpc) is 2.29. The fourth-order valence-corrected chi connectivity index (χ4v) is 1.14. The first-order valence-electron chi connectivity index (χ1n) is 3.52. The van der Waals surface area contributed by atoms with Gasteiger partial charge in [-0.1, -0.05) is 0 Å². The van der Waals surface area contributed by atoms with Gasteiger partial charge in [0.05, 0.1) is 0 Å². The number of aromatic hydroxyl groups is 1. The molecule has 0 amide bonds. The summed E-state index contributed by atoms with van der Waals surface area (Å²) in [5.41, 5.74) is 6.93. The molecule has 0 fully saturated rings. The van der Waals surface area contributed by atoms with Crippen molar-refractivity contribution in [3.05, 3.63) is 18.0 Å². The molecule has 0 atom stereocenters. The molecule has 0 bridgehead atoms. The van der Waals surface area contributed by atoms with Crippen molar-refractivity contribution < 1.29 is 9.52 Å². The minimum atomic E-state index is 0.0573. The maximum Gasteiger partial charge on any atom is 0.192 e. The Kier molecular flexibility index (Phi) is 1.24. The minimum absolute atomic E-state index is 0.0573. The summed E-state index contributed by atoms with van der Waals surface area (Å²) in [6.45, 7) is 1.72. The van der Waals surface area contributed by atoms with Crippen LogP contribution in [0.15, 0.2) is 16.5 Å². The topological polar surface area (TPSA) is 72.3 Å². The van der Waals surface area contributed by atoms with Gasteiger partial charge in [-0.2, -0.15) is 0 Å². The van der Waals surface area contributed by atoms with Crippen LogP contribution in [-0.2, 0) is 0 Å². The Morgan fingerprint density at radius 3 is 3.00 bits per heavy atom.